The van der Waals surface area contributed by atoms with Gasteiger partial charge in [-0.3, -0.25) is 9.78 Å². The van der Waals surface area contributed by atoms with Gasteiger partial charge < -0.3 is 5.11 Å². The molecule has 0 unspecified atom stereocenters. The third-order valence-electron chi connectivity index (χ3n) is 10.8. The molecular weight excluding hydrogens is 793 g/mol. The molecule has 0 amide bonds. The van der Waals surface area contributed by atoms with E-state index in [0.717, 1.165) is 59.2 Å². The molecule has 0 aliphatic carbocycles. The van der Waals surface area contributed by atoms with Crippen molar-refractivity contribution >= 4 is 38.2 Å². The largest absolute Gasteiger partial charge is 0.512 e. The van der Waals surface area contributed by atoms with Crippen molar-refractivity contribution in [2.24, 2.45) is 10.8 Å². The second kappa shape index (κ2) is 16.2. The van der Waals surface area contributed by atoms with Crippen molar-refractivity contribution in [3.05, 3.63) is 120 Å². The molecule has 1 radical (unpaired) electrons. The molecule has 0 spiro atoms. The predicted molar refractivity (Wildman–Crippen MR) is 207 cm³/mol. The molecule has 1 heterocycles. The topological polar surface area (TPSA) is 63.1 Å². The summed E-state index contributed by atoms with van der Waals surface area (Å²) in [6.45, 7) is 16.3. The van der Waals surface area contributed by atoms with E-state index in [-0.39, 0.29) is 42.5 Å². The zero-order valence-electron chi connectivity index (χ0n) is 30.6. The number of aryl methyl sites for hydroxylation is 2. The first-order valence-electron chi connectivity index (χ1n) is 17.6. The minimum atomic E-state index is -0.337. The van der Waals surface area contributed by atoms with Gasteiger partial charge in [0, 0.05) is 42.4 Å². The van der Waals surface area contributed by atoms with Crippen LogP contribution < -0.4 is 0 Å². The summed E-state index contributed by atoms with van der Waals surface area (Å²) in [6.07, 6.45) is 4.75. The molecule has 6 rings (SSSR count). The molecule has 4 nitrogen and oxygen atoms in total. The van der Waals surface area contributed by atoms with Crippen LogP contribution in [0.1, 0.15) is 78.6 Å². The van der Waals surface area contributed by atoms with Crippen LogP contribution in [0, 0.1) is 30.7 Å². The van der Waals surface area contributed by atoms with Crippen LogP contribution in [0.15, 0.2) is 103 Å². The smallest absolute Gasteiger partial charge is 0.164 e. The fourth-order valence-electron chi connectivity index (χ4n) is 6.41. The van der Waals surface area contributed by atoms with Crippen LogP contribution in [0.25, 0.3) is 54.8 Å². The van der Waals surface area contributed by atoms with Gasteiger partial charge in [0.15, 0.2) is 5.78 Å². The maximum Gasteiger partial charge on any atom is 0.164 e. The zero-order chi connectivity index (χ0) is 35.3. The van der Waals surface area contributed by atoms with Gasteiger partial charge in [0.2, 0.25) is 0 Å². The Labute approximate surface area is 311 Å². The van der Waals surface area contributed by atoms with E-state index in [1.54, 1.807) is 0 Å². The van der Waals surface area contributed by atoms with Crippen LogP contribution in [0.5, 0.6) is 0 Å². The SMILES string of the molecule is CCC(C)(CC)C(=O)/C=C(\O)C(C)(CC)CC.Cc1nc(-c2[c-]ccc(-c3ccccc3)c2)c2ccc3cc4ccccc4c(C)c3c2n1.[Ir]. The van der Waals surface area contributed by atoms with Gasteiger partial charge in [-0.1, -0.05) is 108 Å². The van der Waals surface area contributed by atoms with Gasteiger partial charge in [0.1, 0.15) is 11.6 Å². The molecular formula is C45H49IrN2O2-. The van der Waals surface area contributed by atoms with E-state index in [4.69, 9.17) is 9.97 Å². The van der Waals surface area contributed by atoms with Gasteiger partial charge in [0.25, 0.3) is 0 Å². The normalized spacial score (nSPS) is 12.0. The minimum Gasteiger partial charge on any atom is -0.512 e. The van der Waals surface area contributed by atoms with Crippen LogP contribution in [0.4, 0.5) is 0 Å². The summed E-state index contributed by atoms with van der Waals surface area (Å²) in [6, 6.07) is 35.3. The molecule has 0 fully saturated rings. The van der Waals surface area contributed by atoms with E-state index in [9.17, 15) is 9.90 Å². The Morgan fingerprint density at radius 3 is 2.04 bits per heavy atom. The van der Waals surface area contributed by atoms with Crippen LogP contribution in [-0.2, 0) is 24.9 Å². The first-order valence-corrected chi connectivity index (χ1v) is 17.6. The number of carbonyl (C=O) groups excluding carboxylic acids is 1. The van der Waals surface area contributed by atoms with Gasteiger partial charge in [-0.25, -0.2) is 4.98 Å². The minimum absolute atomic E-state index is 0. The number of benzene rings is 5. The molecule has 0 saturated heterocycles. The standard InChI is InChI=1S/C30H21N2.C15H28O2.Ir/c1-19-26-14-7-6-11-23(26)18-24-15-16-27-29(31-20(2)32-30(27)28(19)24)25-13-8-12-22(17-25)21-9-4-3-5-10-21;1-7-14(5,8-2)12(16)11-13(17)15(6,9-3)10-4;/h3-12,14-18H,1-2H3;11,16H,7-10H2,1-6H3;/q-1;;/b;12-11-;. The van der Waals surface area contributed by atoms with Gasteiger partial charge >= 0.3 is 0 Å². The van der Waals surface area contributed by atoms with E-state index in [1.807, 2.05) is 60.6 Å². The summed E-state index contributed by atoms with van der Waals surface area (Å²) >= 11 is 0. The molecule has 50 heavy (non-hydrogen) atoms. The Balaban J connectivity index is 0.000000269. The van der Waals surface area contributed by atoms with Crippen LogP contribution in [-0.4, -0.2) is 20.9 Å². The Morgan fingerprint density at radius 2 is 1.38 bits per heavy atom. The van der Waals surface area contributed by atoms with Crippen LogP contribution in [0.3, 0.4) is 0 Å². The quantitative estimate of drug-likeness (QED) is 0.0518. The van der Waals surface area contributed by atoms with Crippen molar-refractivity contribution in [3.63, 3.8) is 0 Å². The van der Waals surface area contributed by atoms with E-state index >= 15 is 0 Å². The molecule has 261 valence electrons. The first kappa shape index (κ1) is 38.6. The van der Waals surface area contributed by atoms with Gasteiger partial charge in [0.05, 0.1) is 5.52 Å². The van der Waals surface area contributed by atoms with Crippen molar-refractivity contribution in [1.29, 1.82) is 0 Å². The molecule has 5 heteroatoms. The number of hydrogen-bond donors (Lipinski definition) is 1. The van der Waals surface area contributed by atoms with Crippen molar-refractivity contribution < 1.29 is 30.0 Å². The van der Waals surface area contributed by atoms with Crippen molar-refractivity contribution in [2.45, 2.75) is 81.1 Å². The van der Waals surface area contributed by atoms with Gasteiger partial charge in [-0.15, -0.1) is 35.4 Å². The Hall–Kier alpha value is -4.18. The average molecular weight is 842 g/mol. The number of allylic oxidation sites excluding steroid dienone is 2. The molecule has 0 atom stereocenters. The predicted octanol–water partition coefficient (Wildman–Crippen LogP) is 12.3. The molecule has 1 N–H and O–H groups in total. The van der Waals surface area contributed by atoms with Crippen molar-refractivity contribution in [1.82, 2.24) is 9.97 Å². The molecule has 6 aromatic rings. The molecule has 5 aromatic carbocycles. The summed E-state index contributed by atoms with van der Waals surface area (Å²) in [7, 11) is 0. The second-order valence-corrected chi connectivity index (χ2v) is 13.7. The number of aliphatic hydroxyl groups is 1. The molecule has 0 saturated carbocycles. The summed E-state index contributed by atoms with van der Waals surface area (Å²) in [5.41, 5.74) is 5.92. The number of aromatic nitrogens is 2. The summed E-state index contributed by atoms with van der Waals surface area (Å²) in [5, 5.41) is 16.1. The maximum atomic E-state index is 12.2. The fourth-order valence-corrected chi connectivity index (χ4v) is 6.41. The summed E-state index contributed by atoms with van der Waals surface area (Å²) < 4.78 is 0. The monoisotopic (exact) mass is 842 g/mol. The van der Waals surface area contributed by atoms with E-state index in [0.29, 0.717) is 0 Å². The molecule has 1 aromatic heterocycles. The summed E-state index contributed by atoms with van der Waals surface area (Å²) in [5.74, 6) is 1.06. The third-order valence-corrected chi connectivity index (χ3v) is 10.8. The van der Waals surface area contributed by atoms with Crippen molar-refractivity contribution in [3.8, 4) is 22.4 Å². The van der Waals surface area contributed by atoms with Crippen molar-refractivity contribution in [2.75, 3.05) is 0 Å². The fraction of sp³-hybridized carbons (Fsp3) is 0.311. The Kier molecular flexibility index (Phi) is 12.5. The zero-order valence-corrected chi connectivity index (χ0v) is 33.0. The van der Waals surface area contributed by atoms with E-state index in [1.165, 1.54) is 38.7 Å². The number of carbonyl (C=O) groups is 1. The number of aliphatic hydroxyl groups excluding tert-OH is 1. The number of hydrogen-bond acceptors (Lipinski definition) is 4. The Bertz CT molecular complexity index is 2140. The van der Waals surface area contributed by atoms with Crippen LogP contribution in [0.2, 0.25) is 0 Å². The number of ketones is 1. The number of rotatable bonds is 9. The Morgan fingerprint density at radius 1 is 0.740 bits per heavy atom. The van der Waals surface area contributed by atoms with Gasteiger partial charge in [-0.05, 0) is 84.0 Å². The second-order valence-electron chi connectivity index (χ2n) is 13.7. The van der Waals surface area contributed by atoms with E-state index in [2.05, 4.69) is 91.9 Å². The third kappa shape index (κ3) is 7.75. The molecule has 0 bridgehead atoms. The molecule has 0 aliphatic heterocycles. The number of nitrogens with zero attached hydrogens (tertiary/aromatic N) is 2. The average Bonchev–Trinajstić information content (AvgIpc) is 3.14. The first-order chi connectivity index (χ1) is 23.5. The van der Waals surface area contributed by atoms with Gasteiger partial charge in [-0.2, -0.15) is 0 Å². The summed E-state index contributed by atoms with van der Waals surface area (Å²) in [4.78, 5) is 22.0. The maximum absolute atomic E-state index is 12.2. The van der Waals surface area contributed by atoms with Crippen LogP contribution >= 0.6 is 0 Å². The van der Waals surface area contributed by atoms with E-state index < -0.39 is 0 Å². The molecule has 0 aliphatic rings. The number of fused-ring (bicyclic) bond motifs is 4.